The van der Waals surface area contributed by atoms with Crippen LogP contribution >= 0.6 is 0 Å². The highest BCUT2D eigenvalue weighted by Gasteiger charge is 2.29. The smallest absolute Gasteiger partial charge is 0.335 e. The predicted molar refractivity (Wildman–Crippen MR) is 144 cm³/mol. The molecule has 3 aromatic carbocycles. The number of aromatic carboxylic acids is 1. The molecule has 1 aromatic heterocycles. The molecule has 0 radical (unpaired) electrons. The molecule has 0 bridgehead atoms. The van der Waals surface area contributed by atoms with Crippen molar-refractivity contribution < 1.29 is 32.6 Å². The molecule has 10 heteroatoms. The fourth-order valence-electron chi connectivity index (χ4n) is 3.49. The average molecular weight is 539 g/mol. The van der Waals surface area contributed by atoms with Crippen LogP contribution in [0.5, 0.6) is 5.75 Å². The van der Waals surface area contributed by atoms with Crippen LogP contribution in [0.15, 0.2) is 113 Å². The van der Waals surface area contributed by atoms with Crippen LogP contribution in [0.3, 0.4) is 0 Å². The Morgan fingerprint density at radius 3 is 2.16 bits per heavy atom. The van der Waals surface area contributed by atoms with Gasteiger partial charge < -0.3 is 24.7 Å². The molecule has 0 fully saturated rings. The number of aliphatic hydroxyl groups excluding tert-OH is 1. The quantitative estimate of drug-likeness (QED) is 0.261. The molecule has 0 aliphatic rings. The van der Waals surface area contributed by atoms with Gasteiger partial charge in [0.2, 0.25) is 0 Å². The molecule has 0 amide bonds. The van der Waals surface area contributed by atoms with E-state index in [-0.39, 0.29) is 18.0 Å². The fraction of sp³-hybridized carbons (Fsp3) is 0.179. The van der Waals surface area contributed by atoms with Crippen LogP contribution in [-0.2, 0) is 16.6 Å². The van der Waals surface area contributed by atoms with E-state index >= 15 is 0 Å². The lowest BCUT2D eigenvalue weighted by atomic mass is 10.2. The molecular formula is C28H30N2O7S. The second-order valence-electron chi connectivity index (χ2n) is 8.06. The number of sulfonamides is 1. The number of hydrogen-bond acceptors (Lipinski definition) is 7. The first-order valence-corrected chi connectivity index (χ1v) is 13.2. The molecule has 0 aliphatic heterocycles. The van der Waals surface area contributed by atoms with Gasteiger partial charge in [0.1, 0.15) is 11.5 Å². The number of methoxy groups -OCH3 is 1. The molecule has 4 rings (SSSR count). The summed E-state index contributed by atoms with van der Waals surface area (Å²) in [5, 5.41) is 22.0. The zero-order valence-corrected chi connectivity index (χ0v) is 21.6. The van der Waals surface area contributed by atoms with Gasteiger partial charge in [-0.25, -0.2) is 13.2 Å². The number of furan rings is 1. The van der Waals surface area contributed by atoms with E-state index in [1.807, 2.05) is 6.07 Å². The van der Waals surface area contributed by atoms with Crippen LogP contribution in [0.1, 0.15) is 16.1 Å². The Morgan fingerprint density at radius 1 is 0.947 bits per heavy atom. The number of carboxylic acids is 1. The molecule has 0 aliphatic carbocycles. The average Bonchev–Trinajstić information content (AvgIpc) is 3.46. The van der Waals surface area contributed by atoms with Gasteiger partial charge >= 0.3 is 5.97 Å². The summed E-state index contributed by atoms with van der Waals surface area (Å²) in [6, 6.07) is 26.9. The van der Waals surface area contributed by atoms with E-state index < -0.39 is 22.1 Å². The number of nitrogens with one attached hydrogen (secondary N) is 1. The van der Waals surface area contributed by atoms with E-state index in [2.05, 4.69) is 5.32 Å². The molecular weight excluding hydrogens is 508 g/mol. The number of benzene rings is 3. The summed E-state index contributed by atoms with van der Waals surface area (Å²) in [6.07, 6.45) is 0.622. The summed E-state index contributed by atoms with van der Waals surface area (Å²) < 4.78 is 38.4. The molecule has 1 atom stereocenters. The van der Waals surface area contributed by atoms with Crippen molar-refractivity contribution in [3.63, 3.8) is 0 Å². The monoisotopic (exact) mass is 538 g/mol. The second-order valence-corrected chi connectivity index (χ2v) is 9.92. The van der Waals surface area contributed by atoms with Crippen molar-refractivity contribution in [2.75, 3.05) is 24.5 Å². The minimum Gasteiger partial charge on any atom is -0.495 e. The van der Waals surface area contributed by atoms with Crippen molar-refractivity contribution in [1.29, 1.82) is 0 Å². The van der Waals surface area contributed by atoms with Gasteiger partial charge in [-0.3, -0.25) is 4.31 Å². The van der Waals surface area contributed by atoms with Crippen molar-refractivity contribution in [3.8, 4) is 5.75 Å². The number of hydrogen-bond donors (Lipinski definition) is 3. The summed E-state index contributed by atoms with van der Waals surface area (Å²) in [4.78, 5) is 10.3. The summed E-state index contributed by atoms with van der Waals surface area (Å²) in [7, 11) is -2.42. The molecule has 0 saturated carbocycles. The van der Waals surface area contributed by atoms with Crippen LogP contribution in [0.2, 0.25) is 0 Å². The molecule has 1 unspecified atom stereocenters. The van der Waals surface area contributed by atoms with Crippen molar-refractivity contribution >= 4 is 21.7 Å². The molecule has 4 aromatic rings. The SMILES string of the molecule is COc1ccccc1N(CC(O)CNCc1ccco1)S(=O)(=O)c1ccccc1.O=C(O)c1ccccc1. The van der Waals surface area contributed by atoms with Crippen LogP contribution < -0.4 is 14.4 Å². The number of aliphatic hydroxyl groups is 1. The first kappa shape index (κ1) is 28.5. The lowest BCUT2D eigenvalue weighted by molar-refractivity contribution is 0.0697. The first-order valence-electron chi connectivity index (χ1n) is 11.7. The van der Waals surface area contributed by atoms with E-state index in [9.17, 15) is 18.3 Å². The van der Waals surface area contributed by atoms with E-state index in [0.29, 0.717) is 23.5 Å². The van der Waals surface area contributed by atoms with Gasteiger partial charge in [0.25, 0.3) is 10.0 Å². The third kappa shape index (κ3) is 7.94. The third-order valence-corrected chi connectivity index (χ3v) is 7.14. The van der Waals surface area contributed by atoms with Crippen LogP contribution in [-0.4, -0.2) is 50.9 Å². The molecule has 200 valence electrons. The summed E-state index contributed by atoms with van der Waals surface area (Å²) in [5.74, 6) is 0.258. The Bertz CT molecular complexity index is 1360. The van der Waals surface area contributed by atoms with E-state index in [1.54, 1.807) is 85.1 Å². The molecule has 0 saturated heterocycles. The minimum absolute atomic E-state index is 0.136. The van der Waals surface area contributed by atoms with Crippen LogP contribution in [0.25, 0.3) is 0 Å². The summed E-state index contributed by atoms with van der Waals surface area (Å²) >= 11 is 0. The lowest BCUT2D eigenvalue weighted by Gasteiger charge is -2.28. The lowest BCUT2D eigenvalue weighted by Crippen LogP contribution is -2.41. The summed E-state index contributed by atoms with van der Waals surface area (Å²) in [6.45, 7) is 0.490. The molecule has 1 heterocycles. The normalized spacial score (nSPS) is 11.6. The topological polar surface area (TPSA) is 129 Å². The minimum atomic E-state index is -3.90. The highest BCUT2D eigenvalue weighted by Crippen LogP contribution is 2.32. The Hall–Kier alpha value is -4.12. The van der Waals surface area contributed by atoms with Crippen LogP contribution in [0.4, 0.5) is 5.69 Å². The summed E-state index contributed by atoms with van der Waals surface area (Å²) in [5.41, 5.74) is 0.696. The highest BCUT2D eigenvalue weighted by molar-refractivity contribution is 7.92. The van der Waals surface area contributed by atoms with Gasteiger partial charge in [-0.1, -0.05) is 48.5 Å². The van der Waals surface area contributed by atoms with Gasteiger partial charge in [-0.05, 0) is 48.5 Å². The molecule has 38 heavy (non-hydrogen) atoms. The van der Waals surface area contributed by atoms with Crippen molar-refractivity contribution in [2.24, 2.45) is 0 Å². The van der Waals surface area contributed by atoms with Crippen molar-refractivity contribution in [1.82, 2.24) is 5.32 Å². The fourth-order valence-corrected chi connectivity index (χ4v) is 5.03. The number of carboxylic acid groups (broad SMARTS) is 1. The number of carbonyl (C=O) groups is 1. The van der Waals surface area contributed by atoms with Crippen molar-refractivity contribution in [3.05, 3.63) is 115 Å². The van der Waals surface area contributed by atoms with Crippen molar-refractivity contribution in [2.45, 2.75) is 17.5 Å². The Balaban J connectivity index is 0.000000375. The van der Waals surface area contributed by atoms with Gasteiger partial charge in [-0.2, -0.15) is 0 Å². The maximum absolute atomic E-state index is 13.3. The first-order chi connectivity index (χ1) is 18.3. The standard InChI is InChI=1S/C21H24N2O5S.C7H6O2/c1-27-21-12-6-5-11-20(21)23(29(25,26)19-9-3-2-4-10-19)16-17(24)14-22-15-18-8-7-13-28-18;8-7(9)6-4-2-1-3-5-6/h2-13,17,22,24H,14-16H2,1H3;1-5H,(H,8,9). The van der Waals surface area contributed by atoms with E-state index in [0.717, 1.165) is 5.76 Å². The number of ether oxygens (including phenoxy) is 1. The third-order valence-electron chi connectivity index (χ3n) is 5.34. The second kappa shape index (κ2) is 14.0. The van der Waals surface area contributed by atoms with Crippen LogP contribution in [0, 0.1) is 0 Å². The number of nitrogens with zero attached hydrogens (tertiary/aromatic N) is 1. The van der Waals surface area contributed by atoms with Gasteiger partial charge in [0.05, 0.1) is 48.7 Å². The Labute approximate surface area is 222 Å². The maximum Gasteiger partial charge on any atom is 0.335 e. The highest BCUT2D eigenvalue weighted by atomic mass is 32.2. The zero-order valence-electron chi connectivity index (χ0n) is 20.8. The Morgan fingerprint density at radius 2 is 1.58 bits per heavy atom. The predicted octanol–water partition coefficient (Wildman–Crippen LogP) is 4.02. The van der Waals surface area contributed by atoms with E-state index in [1.165, 1.54) is 23.5 Å². The zero-order chi connectivity index (χ0) is 27.4. The number of para-hydroxylation sites is 2. The molecule has 9 nitrogen and oxygen atoms in total. The van der Waals surface area contributed by atoms with E-state index in [4.69, 9.17) is 14.3 Å². The molecule has 0 spiro atoms. The molecule has 3 N–H and O–H groups in total. The van der Waals surface area contributed by atoms with Gasteiger partial charge in [0, 0.05) is 6.54 Å². The maximum atomic E-state index is 13.3. The van der Waals surface area contributed by atoms with Gasteiger partial charge in [0.15, 0.2) is 0 Å². The number of anilines is 1. The Kier molecular flexibility index (Phi) is 10.5. The van der Waals surface area contributed by atoms with Gasteiger partial charge in [-0.15, -0.1) is 0 Å². The number of rotatable bonds is 11. The largest absolute Gasteiger partial charge is 0.495 e.